The van der Waals surface area contributed by atoms with Crippen LogP contribution in [0.5, 0.6) is 11.6 Å². The van der Waals surface area contributed by atoms with Crippen LogP contribution in [0.25, 0.3) is 11.0 Å². The second-order valence-electron chi connectivity index (χ2n) is 18.2. The first kappa shape index (κ1) is 48.8. The SMILES string of the molecule is COC[C@@H]1C[C@@H](C)CC/C=C\[C@@H]2C[C@@]2(C(=O)NS(=O)(=O)C2(C)CC2)CC(=O)[C@@H]2C[C@@H](Oc3nc4cc(OC)c(F)cc4nc3C(F)(F)F)CN2C(=O)[C@H]1CC(=O)OC(C)(C)C(F)(F)F. The number of rotatable bonds is 11. The minimum Gasteiger partial charge on any atom is -0.494 e. The van der Waals surface area contributed by atoms with Gasteiger partial charge >= 0.3 is 18.3 Å². The summed E-state index contributed by atoms with van der Waals surface area (Å²) in [6.07, 6.45) is -8.41. The fourth-order valence-electron chi connectivity index (χ4n) is 8.48. The van der Waals surface area contributed by atoms with Crippen molar-refractivity contribution < 1.29 is 77.3 Å². The monoisotopic (exact) mass is 936 g/mol. The van der Waals surface area contributed by atoms with E-state index in [2.05, 4.69) is 14.7 Å². The molecule has 2 saturated carbocycles. The van der Waals surface area contributed by atoms with E-state index in [1.807, 2.05) is 6.92 Å². The average molecular weight is 937 g/mol. The Labute approximate surface area is 365 Å². The molecule has 2 aliphatic heterocycles. The van der Waals surface area contributed by atoms with Crippen LogP contribution in [0.1, 0.15) is 91.2 Å². The Balaban J connectivity index is 1.42. The highest BCUT2D eigenvalue weighted by atomic mass is 32.2. The van der Waals surface area contributed by atoms with Crippen LogP contribution in [0.2, 0.25) is 0 Å². The highest BCUT2D eigenvalue weighted by molar-refractivity contribution is 7.91. The van der Waals surface area contributed by atoms with E-state index in [1.54, 1.807) is 12.2 Å². The van der Waals surface area contributed by atoms with Gasteiger partial charge in [0.15, 0.2) is 17.3 Å². The molecule has 0 bridgehead atoms. The van der Waals surface area contributed by atoms with Gasteiger partial charge in [-0.3, -0.25) is 23.9 Å². The van der Waals surface area contributed by atoms with Crippen molar-refractivity contribution in [2.24, 2.45) is 29.1 Å². The lowest BCUT2D eigenvalue weighted by Crippen LogP contribution is -2.49. The van der Waals surface area contributed by atoms with E-state index in [1.165, 1.54) is 14.0 Å². The number of carbonyl (C=O) groups excluding carboxylic acids is 4. The van der Waals surface area contributed by atoms with E-state index in [0.717, 1.165) is 18.1 Å². The summed E-state index contributed by atoms with van der Waals surface area (Å²) in [7, 11) is -1.74. The summed E-state index contributed by atoms with van der Waals surface area (Å²) < 4.78 is 148. The van der Waals surface area contributed by atoms with Crippen LogP contribution in [0, 0.1) is 34.9 Å². The first-order valence-corrected chi connectivity index (χ1v) is 22.3. The smallest absolute Gasteiger partial charge is 0.438 e. The van der Waals surface area contributed by atoms with Crippen molar-refractivity contribution in [2.75, 3.05) is 27.4 Å². The summed E-state index contributed by atoms with van der Waals surface area (Å²) in [5.41, 5.74) is -7.01. The Bertz CT molecular complexity index is 2300. The molecule has 2 aromatic rings. The molecule has 1 aromatic heterocycles. The van der Waals surface area contributed by atoms with E-state index < -0.39 is 140 Å². The van der Waals surface area contributed by atoms with Gasteiger partial charge in [-0.1, -0.05) is 19.1 Å². The summed E-state index contributed by atoms with van der Waals surface area (Å²) in [5.74, 6) is -9.76. The van der Waals surface area contributed by atoms with Gasteiger partial charge in [0.2, 0.25) is 39.0 Å². The summed E-state index contributed by atoms with van der Waals surface area (Å²) in [5, 5.41) is 0. The van der Waals surface area contributed by atoms with Crippen molar-refractivity contribution in [1.82, 2.24) is 19.6 Å². The number of amides is 2. The molecule has 1 aromatic carbocycles. The lowest BCUT2D eigenvalue weighted by Gasteiger charge is -2.34. The molecule has 2 amide bonds. The van der Waals surface area contributed by atoms with Gasteiger partial charge in [-0.25, -0.2) is 22.8 Å². The van der Waals surface area contributed by atoms with Crippen molar-refractivity contribution in [1.29, 1.82) is 0 Å². The van der Waals surface area contributed by atoms with Crippen LogP contribution in [-0.4, -0.2) is 103 Å². The van der Waals surface area contributed by atoms with Gasteiger partial charge in [0.1, 0.15) is 6.10 Å². The number of Topliss-reactive ketones (excluding diaryl/α,β-unsaturated/α-hetero) is 1. The zero-order valence-electron chi connectivity index (χ0n) is 36.0. The van der Waals surface area contributed by atoms with E-state index in [4.69, 9.17) is 18.9 Å². The number of nitrogens with one attached hydrogen (secondary N) is 1. The summed E-state index contributed by atoms with van der Waals surface area (Å²) in [4.78, 5) is 65.6. The number of hydrogen-bond donors (Lipinski definition) is 1. The number of aromatic nitrogens is 2. The summed E-state index contributed by atoms with van der Waals surface area (Å²) in [6.45, 7) is 3.78. The molecule has 2 aliphatic carbocycles. The van der Waals surface area contributed by atoms with Crippen molar-refractivity contribution in [3.8, 4) is 11.6 Å². The molecule has 354 valence electrons. The Morgan fingerprint density at radius 2 is 1.69 bits per heavy atom. The Hall–Kier alpha value is -4.60. The van der Waals surface area contributed by atoms with Crippen LogP contribution in [0.4, 0.5) is 30.7 Å². The molecule has 3 fully saturated rings. The van der Waals surface area contributed by atoms with Crippen LogP contribution in [-0.2, 0) is 44.9 Å². The molecular formula is C42H51F7N4O10S. The van der Waals surface area contributed by atoms with Gasteiger partial charge in [0, 0.05) is 38.7 Å². The fourth-order valence-corrected chi connectivity index (χ4v) is 9.81. The van der Waals surface area contributed by atoms with Crippen LogP contribution in [0.3, 0.4) is 0 Å². The molecule has 3 heterocycles. The molecule has 6 rings (SSSR count). The van der Waals surface area contributed by atoms with Crippen LogP contribution < -0.4 is 14.2 Å². The molecule has 1 N–H and O–H groups in total. The largest absolute Gasteiger partial charge is 0.494 e. The zero-order chi connectivity index (χ0) is 47.4. The predicted molar refractivity (Wildman–Crippen MR) is 212 cm³/mol. The number of halogens is 7. The Morgan fingerprint density at radius 1 is 1.02 bits per heavy atom. The van der Waals surface area contributed by atoms with E-state index in [9.17, 15) is 53.5 Å². The topological polar surface area (TPSA) is 180 Å². The highest BCUT2D eigenvalue weighted by Crippen LogP contribution is 2.58. The minimum atomic E-state index is -5.22. The maximum Gasteiger partial charge on any atom is 0.438 e. The van der Waals surface area contributed by atoms with Crippen LogP contribution in [0.15, 0.2) is 24.3 Å². The number of methoxy groups -OCH3 is 2. The van der Waals surface area contributed by atoms with Crippen molar-refractivity contribution in [2.45, 2.75) is 120 Å². The van der Waals surface area contributed by atoms with Gasteiger partial charge in [-0.15, -0.1) is 0 Å². The lowest BCUT2D eigenvalue weighted by molar-refractivity contribution is -0.257. The second kappa shape index (κ2) is 17.7. The molecule has 0 radical (unpaired) electrons. The third-order valence-electron chi connectivity index (χ3n) is 12.9. The van der Waals surface area contributed by atoms with Crippen molar-refractivity contribution in [3.05, 3.63) is 35.8 Å². The number of fused-ring (bicyclic) bond motifs is 3. The molecule has 4 aliphatic rings. The molecule has 0 spiro atoms. The Kier molecular flexibility index (Phi) is 13.5. The number of hydrogen-bond acceptors (Lipinski definition) is 12. The quantitative estimate of drug-likeness (QED) is 0.145. The third-order valence-corrected chi connectivity index (χ3v) is 15.0. The standard InChI is InChI=1S/C42H51F7N4O10S/c1-22-9-7-8-10-24-18-40(24,37(57)52-64(58,59)39(4)11-12-39)19-31(54)30-14-25(62-35-34(41(44,45)46)50-28-16-27(43)32(61-6)17-29(28)51-35)20-53(30)36(56)26(23(13-22)21-60-5)15-33(55)63-38(2,3)42(47,48)49/h8,10,16-17,22-26,30H,7,9,11-15,18-21H2,1-6H3,(H,52,57)/b10-8-/t22-,23-,24+,25+,26-,30-,40+/m0/s1. The number of ether oxygens (including phenoxy) is 4. The number of ketones is 1. The molecule has 1 saturated heterocycles. The lowest BCUT2D eigenvalue weighted by atomic mass is 9.81. The van der Waals surface area contributed by atoms with E-state index >= 15 is 4.79 Å². The number of esters is 1. The van der Waals surface area contributed by atoms with Gasteiger partial charge in [-0.05, 0) is 77.0 Å². The summed E-state index contributed by atoms with van der Waals surface area (Å²) in [6, 6.07) is 0.106. The minimum absolute atomic E-state index is 0.0501. The van der Waals surface area contributed by atoms with Gasteiger partial charge < -0.3 is 23.8 Å². The number of carbonyl (C=O) groups is 4. The van der Waals surface area contributed by atoms with E-state index in [-0.39, 0.29) is 36.6 Å². The highest BCUT2D eigenvalue weighted by Gasteiger charge is 2.63. The maximum absolute atomic E-state index is 15.0. The van der Waals surface area contributed by atoms with Gasteiger partial charge in [-0.2, -0.15) is 26.3 Å². The number of alkyl halides is 6. The molecule has 7 atom stereocenters. The van der Waals surface area contributed by atoms with Crippen molar-refractivity contribution >= 4 is 44.6 Å². The fraction of sp³-hybridized carbons (Fsp3) is 0.667. The van der Waals surface area contributed by atoms with E-state index in [0.29, 0.717) is 45.6 Å². The zero-order valence-corrected chi connectivity index (χ0v) is 36.8. The Morgan fingerprint density at radius 3 is 2.30 bits per heavy atom. The molecule has 0 unspecified atom stereocenters. The second-order valence-corrected chi connectivity index (χ2v) is 20.4. The molecule has 14 nitrogen and oxygen atoms in total. The normalized spacial score (nSPS) is 28.3. The molecular weight excluding hydrogens is 886 g/mol. The number of allylic oxidation sites excluding steroid dienone is 2. The van der Waals surface area contributed by atoms with Crippen molar-refractivity contribution in [3.63, 3.8) is 0 Å². The molecule has 64 heavy (non-hydrogen) atoms. The maximum atomic E-state index is 15.0. The number of benzene rings is 1. The predicted octanol–water partition coefficient (Wildman–Crippen LogP) is 6.64. The number of nitrogens with zero attached hydrogens (tertiary/aromatic N) is 3. The first-order chi connectivity index (χ1) is 29.6. The molecule has 22 heteroatoms. The third kappa shape index (κ3) is 10.1. The summed E-state index contributed by atoms with van der Waals surface area (Å²) >= 11 is 0. The van der Waals surface area contributed by atoms with Gasteiger partial charge in [0.05, 0.1) is 53.2 Å². The number of sulfonamides is 1. The van der Waals surface area contributed by atoms with Crippen LogP contribution >= 0.6 is 0 Å². The first-order valence-electron chi connectivity index (χ1n) is 20.8. The van der Waals surface area contributed by atoms with Gasteiger partial charge in [0.25, 0.3) is 0 Å². The average Bonchev–Trinajstić information content (AvgIpc) is 4.06.